The Bertz CT molecular complexity index is 1900. The van der Waals surface area contributed by atoms with Crippen LogP contribution in [0.5, 0.6) is 17.2 Å². The van der Waals surface area contributed by atoms with E-state index in [0.29, 0.717) is 34.1 Å². The standard InChI is InChI=1S/C31H19F3N2O5/c32-31(33,34)27-9-8-19(41-27)14-36-23-7-3-5-20(18-10-17-4-1-2-6-22(17)35-13-18)28(23)30(29(36)37)15-38-24-12-26-25(11-21(24)30)39-16-40-26/h1-13H,14-16H2. The molecule has 0 bridgehead atoms. The maximum absolute atomic E-state index is 14.5. The molecule has 7 nitrogen and oxygen atoms in total. The molecule has 5 aromatic rings. The number of pyridine rings is 1. The van der Waals surface area contributed by atoms with Gasteiger partial charge in [0.15, 0.2) is 11.5 Å². The third-order valence-corrected chi connectivity index (χ3v) is 7.91. The molecule has 0 fully saturated rings. The lowest BCUT2D eigenvalue weighted by Crippen LogP contribution is -2.42. The number of amides is 1. The first-order valence-corrected chi connectivity index (χ1v) is 12.9. The molecule has 0 N–H and O–H groups in total. The summed E-state index contributed by atoms with van der Waals surface area (Å²) in [6, 6.07) is 20.9. The van der Waals surface area contributed by atoms with Gasteiger partial charge in [-0.1, -0.05) is 30.3 Å². The van der Waals surface area contributed by atoms with Crippen molar-refractivity contribution in [3.63, 3.8) is 0 Å². The number of alkyl halides is 3. The zero-order valence-corrected chi connectivity index (χ0v) is 21.2. The molecule has 5 heterocycles. The lowest BCUT2D eigenvalue weighted by Gasteiger charge is -2.24. The van der Waals surface area contributed by atoms with Crippen molar-refractivity contribution in [2.45, 2.75) is 18.1 Å². The van der Waals surface area contributed by atoms with E-state index in [-0.39, 0.29) is 31.6 Å². The fraction of sp³-hybridized carbons (Fsp3) is 0.161. The summed E-state index contributed by atoms with van der Waals surface area (Å²) in [6.45, 7) is -0.142. The Kier molecular flexibility index (Phi) is 4.81. The van der Waals surface area contributed by atoms with Crippen LogP contribution in [0, 0.1) is 0 Å². The van der Waals surface area contributed by atoms with Crippen LogP contribution in [0.1, 0.15) is 22.6 Å². The van der Waals surface area contributed by atoms with E-state index in [4.69, 9.17) is 18.6 Å². The molecule has 1 atom stereocenters. The summed E-state index contributed by atoms with van der Waals surface area (Å²) < 4.78 is 62.2. The molecule has 0 radical (unpaired) electrons. The van der Waals surface area contributed by atoms with E-state index in [0.717, 1.165) is 28.1 Å². The zero-order valence-electron chi connectivity index (χ0n) is 21.2. The molecule has 8 rings (SSSR count). The lowest BCUT2D eigenvalue weighted by atomic mass is 9.74. The number of benzene rings is 3. The molecule has 1 spiro atoms. The number of anilines is 1. The van der Waals surface area contributed by atoms with Gasteiger partial charge in [-0.3, -0.25) is 9.78 Å². The minimum absolute atomic E-state index is 0.00244. The summed E-state index contributed by atoms with van der Waals surface area (Å²) in [4.78, 5) is 20.6. The van der Waals surface area contributed by atoms with Crippen LogP contribution in [0.25, 0.3) is 22.0 Å². The first-order valence-electron chi connectivity index (χ1n) is 12.9. The van der Waals surface area contributed by atoms with Crippen LogP contribution in [0.3, 0.4) is 0 Å². The van der Waals surface area contributed by atoms with Gasteiger partial charge in [0, 0.05) is 40.0 Å². The topological polar surface area (TPSA) is 74.0 Å². The molecule has 3 aliphatic heterocycles. The third-order valence-electron chi connectivity index (χ3n) is 7.91. The molecule has 10 heteroatoms. The Morgan fingerprint density at radius 1 is 0.902 bits per heavy atom. The summed E-state index contributed by atoms with van der Waals surface area (Å²) in [7, 11) is 0. The number of nitrogens with zero attached hydrogens (tertiary/aromatic N) is 2. The second kappa shape index (κ2) is 8.26. The van der Waals surface area contributed by atoms with Gasteiger partial charge in [-0.05, 0) is 42.0 Å². The fourth-order valence-corrected chi connectivity index (χ4v) is 6.07. The van der Waals surface area contributed by atoms with E-state index in [9.17, 15) is 18.0 Å². The number of furan rings is 1. The van der Waals surface area contributed by atoms with E-state index in [1.54, 1.807) is 24.4 Å². The number of carbonyl (C=O) groups excluding carboxylic acids is 1. The molecular formula is C31H19F3N2O5. The van der Waals surface area contributed by atoms with Crippen molar-refractivity contribution in [2.24, 2.45) is 0 Å². The average molecular weight is 556 g/mol. The third kappa shape index (κ3) is 3.39. The second-order valence-corrected chi connectivity index (χ2v) is 10.2. The van der Waals surface area contributed by atoms with Crippen molar-refractivity contribution in [1.82, 2.24) is 4.98 Å². The maximum Gasteiger partial charge on any atom is 0.449 e. The van der Waals surface area contributed by atoms with Gasteiger partial charge in [-0.2, -0.15) is 13.2 Å². The summed E-state index contributed by atoms with van der Waals surface area (Å²) in [5, 5.41) is 0.930. The normalized spacial score (nSPS) is 18.7. The number of para-hydroxylation sites is 1. The molecule has 3 aromatic carbocycles. The van der Waals surface area contributed by atoms with Crippen LogP contribution in [0.2, 0.25) is 0 Å². The van der Waals surface area contributed by atoms with E-state index in [1.165, 1.54) is 11.0 Å². The van der Waals surface area contributed by atoms with Crippen LogP contribution in [-0.4, -0.2) is 24.3 Å². The molecule has 2 aromatic heterocycles. The van der Waals surface area contributed by atoms with Crippen LogP contribution in [0.15, 0.2) is 83.4 Å². The van der Waals surface area contributed by atoms with Gasteiger partial charge in [0.05, 0.1) is 12.1 Å². The SMILES string of the molecule is O=C1N(Cc2ccc(C(F)(F)F)o2)c2cccc(-c3cnc4ccccc4c3)c2C12COc1cc3c(cc12)OCO3. The molecule has 0 saturated heterocycles. The predicted octanol–water partition coefficient (Wildman–Crippen LogP) is 6.47. The number of fused-ring (bicyclic) bond motifs is 6. The smallest absolute Gasteiger partial charge is 0.449 e. The number of hydrogen-bond acceptors (Lipinski definition) is 6. The average Bonchev–Trinajstić information content (AvgIpc) is 3.75. The summed E-state index contributed by atoms with van der Waals surface area (Å²) in [5.74, 6) is 0.0526. The Balaban J connectivity index is 1.34. The van der Waals surface area contributed by atoms with Crippen molar-refractivity contribution >= 4 is 22.5 Å². The number of halogens is 3. The van der Waals surface area contributed by atoms with Crippen LogP contribution >= 0.6 is 0 Å². The van der Waals surface area contributed by atoms with E-state index < -0.39 is 17.4 Å². The van der Waals surface area contributed by atoms with E-state index in [2.05, 4.69) is 4.98 Å². The molecule has 0 aliphatic carbocycles. The highest BCUT2D eigenvalue weighted by atomic mass is 19.4. The summed E-state index contributed by atoms with van der Waals surface area (Å²) in [5.41, 5.74) is 2.95. The second-order valence-electron chi connectivity index (χ2n) is 10.2. The quantitative estimate of drug-likeness (QED) is 0.254. The first kappa shape index (κ1) is 23.9. The Morgan fingerprint density at radius 3 is 2.56 bits per heavy atom. The van der Waals surface area contributed by atoms with Gasteiger partial charge in [-0.15, -0.1) is 0 Å². The predicted molar refractivity (Wildman–Crippen MR) is 141 cm³/mol. The van der Waals surface area contributed by atoms with Crippen molar-refractivity contribution in [2.75, 3.05) is 18.3 Å². The van der Waals surface area contributed by atoms with Gasteiger partial charge in [0.25, 0.3) is 0 Å². The summed E-state index contributed by atoms with van der Waals surface area (Å²) in [6.07, 6.45) is -2.87. The largest absolute Gasteiger partial charge is 0.491 e. The number of ether oxygens (including phenoxy) is 3. The van der Waals surface area contributed by atoms with Crippen LogP contribution < -0.4 is 19.1 Å². The molecular weight excluding hydrogens is 537 g/mol. The van der Waals surface area contributed by atoms with Crippen molar-refractivity contribution < 1.29 is 36.6 Å². The molecule has 0 saturated carbocycles. The minimum Gasteiger partial charge on any atom is -0.491 e. The zero-order chi connectivity index (χ0) is 27.9. The Hall–Kier alpha value is -4.99. The Morgan fingerprint density at radius 2 is 1.73 bits per heavy atom. The number of aromatic nitrogens is 1. The first-order chi connectivity index (χ1) is 19.8. The van der Waals surface area contributed by atoms with Gasteiger partial charge < -0.3 is 23.5 Å². The number of rotatable bonds is 3. The van der Waals surface area contributed by atoms with E-state index >= 15 is 0 Å². The maximum atomic E-state index is 14.5. The van der Waals surface area contributed by atoms with Gasteiger partial charge in [-0.25, -0.2) is 0 Å². The number of carbonyl (C=O) groups is 1. The summed E-state index contributed by atoms with van der Waals surface area (Å²) >= 11 is 0. The monoisotopic (exact) mass is 556 g/mol. The van der Waals surface area contributed by atoms with Crippen LogP contribution in [-0.2, 0) is 22.9 Å². The van der Waals surface area contributed by atoms with Crippen molar-refractivity contribution in [3.8, 4) is 28.4 Å². The fourth-order valence-electron chi connectivity index (χ4n) is 6.07. The molecule has 1 unspecified atom stereocenters. The van der Waals surface area contributed by atoms with Crippen molar-refractivity contribution in [3.05, 3.63) is 102 Å². The molecule has 41 heavy (non-hydrogen) atoms. The molecule has 204 valence electrons. The number of hydrogen-bond donors (Lipinski definition) is 0. The highest BCUT2D eigenvalue weighted by Gasteiger charge is 2.58. The van der Waals surface area contributed by atoms with Crippen LogP contribution in [0.4, 0.5) is 18.9 Å². The van der Waals surface area contributed by atoms with Gasteiger partial charge in [0.1, 0.15) is 23.5 Å². The van der Waals surface area contributed by atoms with E-state index in [1.807, 2.05) is 42.5 Å². The molecule has 3 aliphatic rings. The van der Waals surface area contributed by atoms with Crippen molar-refractivity contribution in [1.29, 1.82) is 0 Å². The van der Waals surface area contributed by atoms with Gasteiger partial charge >= 0.3 is 6.18 Å². The highest BCUT2D eigenvalue weighted by molar-refractivity contribution is 6.13. The highest BCUT2D eigenvalue weighted by Crippen LogP contribution is 2.57. The lowest BCUT2D eigenvalue weighted by molar-refractivity contribution is -0.153. The molecule has 1 amide bonds. The minimum atomic E-state index is -4.64. The Labute approximate surface area is 230 Å². The van der Waals surface area contributed by atoms with Gasteiger partial charge in [0.2, 0.25) is 18.5 Å².